The Labute approximate surface area is 107 Å². The SMILES string of the molecule is COc1ccc(NC2CCC(O)CC2)cc1Cl. The highest BCUT2D eigenvalue weighted by atomic mass is 35.5. The zero-order valence-electron chi connectivity index (χ0n) is 9.95. The molecule has 0 radical (unpaired) electrons. The molecule has 1 saturated carbocycles. The van der Waals surface area contributed by atoms with E-state index in [4.69, 9.17) is 16.3 Å². The van der Waals surface area contributed by atoms with Crippen LogP contribution in [0.2, 0.25) is 5.02 Å². The summed E-state index contributed by atoms with van der Waals surface area (Å²) in [6, 6.07) is 6.15. The van der Waals surface area contributed by atoms with Crippen molar-refractivity contribution in [2.45, 2.75) is 37.8 Å². The van der Waals surface area contributed by atoms with E-state index in [1.165, 1.54) is 0 Å². The van der Waals surface area contributed by atoms with E-state index in [2.05, 4.69) is 5.32 Å². The summed E-state index contributed by atoms with van der Waals surface area (Å²) in [5, 5.41) is 13.5. The first-order valence-electron chi connectivity index (χ1n) is 5.97. The third-order valence-electron chi connectivity index (χ3n) is 3.22. The van der Waals surface area contributed by atoms with Crippen molar-refractivity contribution in [2.24, 2.45) is 0 Å². The maximum absolute atomic E-state index is 9.44. The van der Waals surface area contributed by atoms with Crippen LogP contribution < -0.4 is 10.1 Å². The highest BCUT2D eigenvalue weighted by molar-refractivity contribution is 6.32. The molecule has 0 aliphatic heterocycles. The Morgan fingerprint density at radius 1 is 1.29 bits per heavy atom. The summed E-state index contributed by atoms with van der Waals surface area (Å²) in [6.07, 6.45) is 3.64. The minimum Gasteiger partial charge on any atom is -0.495 e. The number of rotatable bonds is 3. The van der Waals surface area contributed by atoms with Gasteiger partial charge in [-0.3, -0.25) is 0 Å². The van der Waals surface area contributed by atoms with Gasteiger partial charge in [0.2, 0.25) is 0 Å². The average molecular weight is 256 g/mol. The predicted octanol–water partition coefficient (Wildman–Crippen LogP) is 3.06. The number of benzene rings is 1. The van der Waals surface area contributed by atoms with Gasteiger partial charge in [-0.05, 0) is 43.9 Å². The molecule has 0 unspecified atom stereocenters. The molecule has 1 aromatic carbocycles. The van der Waals surface area contributed by atoms with Crippen LogP contribution in [0.4, 0.5) is 5.69 Å². The van der Waals surface area contributed by atoms with Gasteiger partial charge in [0.15, 0.2) is 0 Å². The summed E-state index contributed by atoms with van der Waals surface area (Å²) in [6.45, 7) is 0. The molecule has 0 spiro atoms. The lowest BCUT2D eigenvalue weighted by Crippen LogP contribution is -2.28. The van der Waals surface area contributed by atoms with Crippen molar-refractivity contribution in [1.29, 1.82) is 0 Å². The summed E-state index contributed by atoms with van der Waals surface area (Å²) in [5.74, 6) is 0.691. The summed E-state index contributed by atoms with van der Waals surface area (Å²) in [4.78, 5) is 0. The molecule has 0 bridgehead atoms. The molecule has 0 saturated heterocycles. The number of methoxy groups -OCH3 is 1. The largest absolute Gasteiger partial charge is 0.495 e. The Balaban J connectivity index is 1.97. The molecule has 1 fully saturated rings. The van der Waals surface area contributed by atoms with Crippen molar-refractivity contribution in [3.63, 3.8) is 0 Å². The van der Waals surface area contributed by atoms with Crippen LogP contribution in [0, 0.1) is 0 Å². The second kappa shape index (κ2) is 5.61. The van der Waals surface area contributed by atoms with E-state index in [0.717, 1.165) is 31.4 Å². The van der Waals surface area contributed by atoms with E-state index in [1.807, 2.05) is 18.2 Å². The van der Waals surface area contributed by atoms with Gasteiger partial charge >= 0.3 is 0 Å². The molecule has 94 valence electrons. The molecular weight excluding hydrogens is 238 g/mol. The van der Waals surface area contributed by atoms with Crippen molar-refractivity contribution in [3.8, 4) is 5.75 Å². The third-order valence-corrected chi connectivity index (χ3v) is 3.51. The number of aliphatic hydroxyl groups is 1. The summed E-state index contributed by atoms with van der Waals surface area (Å²) >= 11 is 6.07. The van der Waals surface area contributed by atoms with Crippen LogP contribution in [0.15, 0.2) is 18.2 Å². The second-order valence-corrected chi connectivity index (χ2v) is 4.91. The lowest BCUT2D eigenvalue weighted by Gasteiger charge is -2.27. The Morgan fingerprint density at radius 2 is 2.00 bits per heavy atom. The van der Waals surface area contributed by atoms with Crippen LogP contribution in [0.25, 0.3) is 0 Å². The third kappa shape index (κ3) is 3.27. The first-order chi connectivity index (χ1) is 8.19. The monoisotopic (exact) mass is 255 g/mol. The van der Waals surface area contributed by atoms with Crippen LogP contribution in [0.5, 0.6) is 5.75 Å². The summed E-state index contributed by atoms with van der Waals surface area (Å²) in [7, 11) is 1.61. The topological polar surface area (TPSA) is 41.5 Å². The van der Waals surface area contributed by atoms with Crippen LogP contribution >= 0.6 is 11.6 Å². The number of ether oxygens (including phenoxy) is 1. The number of hydrogen-bond acceptors (Lipinski definition) is 3. The molecule has 1 aliphatic rings. The van der Waals surface area contributed by atoms with Crippen LogP contribution in [-0.2, 0) is 0 Å². The van der Waals surface area contributed by atoms with Gasteiger partial charge in [0, 0.05) is 11.7 Å². The van der Waals surface area contributed by atoms with Gasteiger partial charge in [-0.15, -0.1) is 0 Å². The molecule has 2 N–H and O–H groups in total. The summed E-state index contributed by atoms with van der Waals surface area (Å²) < 4.78 is 5.11. The Hall–Kier alpha value is -0.930. The Morgan fingerprint density at radius 3 is 2.59 bits per heavy atom. The van der Waals surface area contributed by atoms with Gasteiger partial charge < -0.3 is 15.2 Å². The van der Waals surface area contributed by atoms with Crippen LogP contribution in [-0.4, -0.2) is 24.4 Å². The maximum Gasteiger partial charge on any atom is 0.137 e. The van der Waals surface area contributed by atoms with Gasteiger partial charge in [0.05, 0.1) is 18.2 Å². The van der Waals surface area contributed by atoms with E-state index in [-0.39, 0.29) is 6.10 Å². The molecule has 4 heteroatoms. The highest BCUT2D eigenvalue weighted by Gasteiger charge is 2.19. The fourth-order valence-electron chi connectivity index (χ4n) is 2.21. The average Bonchev–Trinajstić information content (AvgIpc) is 2.32. The lowest BCUT2D eigenvalue weighted by atomic mass is 9.93. The highest BCUT2D eigenvalue weighted by Crippen LogP contribution is 2.29. The first kappa shape index (κ1) is 12.5. The van der Waals surface area contributed by atoms with Crippen LogP contribution in [0.1, 0.15) is 25.7 Å². The summed E-state index contributed by atoms with van der Waals surface area (Å²) in [5.41, 5.74) is 1.01. The zero-order valence-corrected chi connectivity index (χ0v) is 10.7. The molecule has 3 nitrogen and oxygen atoms in total. The second-order valence-electron chi connectivity index (χ2n) is 4.50. The van der Waals surface area contributed by atoms with E-state index in [9.17, 15) is 5.11 Å². The standard InChI is InChI=1S/C13H18ClNO2/c1-17-13-7-4-10(8-12(13)14)15-9-2-5-11(16)6-3-9/h4,7-9,11,15-16H,2-3,5-6H2,1H3. The van der Waals surface area contributed by atoms with E-state index in [1.54, 1.807) is 7.11 Å². The molecule has 1 aromatic rings. The van der Waals surface area contributed by atoms with Crippen molar-refractivity contribution in [2.75, 3.05) is 12.4 Å². The number of aliphatic hydroxyl groups excluding tert-OH is 1. The first-order valence-corrected chi connectivity index (χ1v) is 6.35. The van der Waals surface area contributed by atoms with Crippen molar-refractivity contribution in [1.82, 2.24) is 0 Å². The van der Waals surface area contributed by atoms with Gasteiger partial charge in [-0.2, -0.15) is 0 Å². The van der Waals surface area contributed by atoms with Crippen molar-refractivity contribution in [3.05, 3.63) is 23.2 Å². The fraction of sp³-hybridized carbons (Fsp3) is 0.538. The molecule has 0 heterocycles. The minimum absolute atomic E-state index is 0.118. The fourth-order valence-corrected chi connectivity index (χ4v) is 2.47. The van der Waals surface area contributed by atoms with Gasteiger partial charge in [0.1, 0.15) is 5.75 Å². The smallest absolute Gasteiger partial charge is 0.137 e. The normalized spacial score (nSPS) is 24.4. The van der Waals surface area contributed by atoms with Crippen LogP contribution in [0.3, 0.4) is 0 Å². The number of hydrogen-bond donors (Lipinski definition) is 2. The quantitative estimate of drug-likeness (QED) is 0.872. The predicted molar refractivity (Wildman–Crippen MR) is 69.9 cm³/mol. The van der Waals surface area contributed by atoms with Crippen molar-refractivity contribution >= 4 is 17.3 Å². The lowest BCUT2D eigenvalue weighted by molar-refractivity contribution is 0.126. The molecular formula is C13H18ClNO2. The Kier molecular flexibility index (Phi) is 4.13. The van der Waals surface area contributed by atoms with Gasteiger partial charge in [-0.1, -0.05) is 11.6 Å². The van der Waals surface area contributed by atoms with Gasteiger partial charge in [-0.25, -0.2) is 0 Å². The molecule has 0 atom stereocenters. The molecule has 1 aliphatic carbocycles. The van der Waals surface area contributed by atoms with E-state index < -0.39 is 0 Å². The number of anilines is 1. The van der Waals surface area contributed by atoms with E-state index in [0.29, 0.717) is 16.8 Å². The van der Waals surface area contributed by atoms with Gasteiger partial charge in [0.25, 0.3) is 0 Å². The van der Waals surface area contributed by atoms with Crippen molar-refractivity contribution < 1.29 is 9.84 Å². The number of nitrogens with one attached hydrogen (secondary N) is 1. The van der Waals surface area contributed by atoms with E-state index >= 15 is 0 Å². The molecule has 0 amide bonds. The molecule has 0 aromatic heterocycles. The zero-order chi connectivity index (χ0) is 12.3. The number of halogens is 1. The molecule has 2 rings (SSSR count). The Bertz CT molecular complexity index is 376. The maximum atomic E-state index is 9.44. The minimum atomic E-state index is -0.118. The molecule has 17 heavy (non-hydrogen) atoms.